The van der Waals surface area contributed by atoms with Crippen LogP contribution < -0.4 is 10.2 Å². The largest absolute Gasteiger partial charge is 0.384 e. The molecule has 0 aliphatic rings. The van der Waals surface area contributed by atoms with Crippen LogP contribution in [0.2, 0.25) is 0 Å². The molecule has 17 heavy (non-hydrogen) atoms. The maximum Gasteiger partial charge on any atom is 0.107 e. The molecule has 0 radical (unpaired) electrons. The van der Waals surface area contributed by atoms with Crippen LogP contribution in [0.3, 0.4) is 0 Å². The highest BCUT2D eigenvalue weighted by atomic mass is 15.1. The molecule has 0 bridgehead atoms. The summed E-state index contributed by atoms with van der Waals surface area (Å²) in [6, 6.07) is 5.98. The van der Waals surface area contributed by atoms with E-state index in [0.29, 0.717) is 0 Å². The molecule has 5 nitrogen and oxygen atoms in total. The van der Waals surface area contributed by atoms with Crippen molar-refractivity contribution in [1.29, 1.82) is 10.5 Å². The first-order valence-corrected chi connectivity index (χ1v) is 5.49. The summed E-state index contributed by atoms with van der Waals surface area (Å²) < 4.78 is 0. The molecule has 0 aliphatic carbocycles. The van der Waals surface area contributed by atoms with E-state index in [1.165, 1.54) is 0 Å². The van der Waals surface area contributed by atoms with Gasteiger partial charge in [-0.15, -0.1) is 0 Å². The van der Waals surface area contributed by atoms with Gasteiger partial charge in [0.15, 0.2) is 0 Å². The Kier molecular flexibility index (Phi) is 5.33. The lowest BCUT2D eigenvalue weighted by Gasteiger charge is -2.18. The summed E-state index contributed by atoms with van der Waals surface area (Å²) in [7, 11) is 0. The second kappa shape index (κ2) is 7.08. The summed E-state index contributed by atoms with van der Waals surface area (Å²) in [6.45, 7) is 3.34. The predicted molar refractivity (Wildman–Crippen MR) is 66.5 cm³/mol. The third kappa shape index (κ3) is 4.00. The van der Waals surface area contributed by atoms with Crippen molar-refractivity contribution >= 4 is 11.4 Å². The number of pyridine rings is 1. The van der Waals surface area contributed by atoms with Gasteiger partial charge in [0.2, 0.25) is 0 Å². The predicted octanol–water partition coefficient (Wildman–Crippen LogP) is 1.76. The normalized spacial score (nSPS) is 9.12. The standard InChI is InChI=1S/C12H15N5/c1-2-5-16-11-8-12(10-15-9-11)17(6-3-13)7-4-14/h8-10,16H,2,5-7H2,1H3. The molecule has 1 heterocycles. The molecule has 1 rings (SSSR count). The van der Waals surface area contributed by atoms with Gasteiger partial charge in [-0.3, -0.25) is 4.98 Å². The van der Waals surface area contributed by atoms with Crippen molar-refractivity contribution in [3.05, 3.63) is 18.5 Å². The number of anilines is 2. The smallest absolute Gasteiger partial charge is 0.107 e. The molecule has 0 fully saturated rings. The van der Waals surface area contributed by atoms with E-state index >= 15 is 0 Å². The van der Waals surface area contributed by atoms with Gasteiger partial charge in [0.1, 0.15) is 13.1 Å². The van der Waals surface area contributed by atoms with E-state index in [4.69, 9.17) is 10.5 Å². The van der Waals surface area contributed by atoms with E-state index in [9.17, 15) is 0 Å². The zero-order valence-corrected chi connectivity index (χ0v) is 9.85. The molecule has 0 aliphatic heterocycles. The highest BCUT2D eigenvalue weighted by Crippen LogP contribution is 2.17. The van der Waals surface area contributed by atoms with Gasteiger partial charge in [-0.05, 0) is 12.5 Å². The first-order chi connectivity index (χ1) is 8.31. The monoisotopic (exact) mass is 229 g/mol. The quantitative estimate of drug-likeness (QED) is 0.752. The van der Waals surface area contributed by atoms with Gasteiger partial charge in [0, 0.05) is 6.54 Å². The molecule has 5 heteroatoms. The van der Waals surface area contributed by atoms with Crippen LogP contribution in [0.25, 0.3) is 0 Å². The van der Waals surface area contributed by atoms with Gasteiger partial charge in [0.05, 0.1) is 35.9 Å². The van der Waals surface area contributed by atoms with Crippen molar-refractivity contribution in [2.24, 2.45) is 0 Å². The lowest BCUT2D eigenvalue weighted by molar-refractivity contribution is 0.953. The van der Waals surface area contributed by atoms with Crippen LogP contribution >= 0.6 is 0 Å². The Balaban J connectivity index is 2.81. The minimum absolute atomic E-state index is 0.187. The molecule has 0 unspecified atom stereocenters. The number of hydrogen-bond donors (Lipinski definition) is 1. The molecule has 1 aromatic heterocycles. The number of nitrogens with zero attached hydrogens (tertiary/aromatic N) is 4. The van der Waals surface area contributed by atoms with E-state index in [0.717, 1.165) is 24.3 Å². The van der Waals surface area contributed by atoms with E-state index in [1.54, 1.807) is 17.3 Å². The van der Waals surface area contributed by atoms with Crippen LogP contribution in [0, 0.1) is 22.7 Å². The van der Waals surface area contributed by atoms with Gasteiger partial charge in [-0.1, -0.05) is 6.92 Å². The highest BCUT2D eigenvalue weighted by molar-refractivity contribution is 5.56. The van der Waals surface area contributed by atoms with Crippen molar-refractivity contribution in [3.8, 4) is 12.1 Å². The van der Waals surface area contributed by atoms with Crippen molar-refractivity contribution < 1.29 is 0 Å². The Labute approximate surface area is 101 Å². The molecule has 0 amide bonds. The topological polar surface area (TPSA) is 75.7 Å². The molecule has 1 N–H and O–H groups in total. The second-order valence-electron chi connectivity index (χ2n) is 3.53. The lowest BCUT2D eigenvalue weighted by Crippen LogP contribution is -2.24. The molecule has 1 aromatic rings. The van der Waals surface area contributed by atoms with E-state index in [2.05, 4.69) is 17.2 Å². The number of aromatic nitrogens is 1. The fourth-order valence-corrected chi connectivity index (χ4v) is 1.38. The van der Waals surface area contributed by atoms with Crippen LogP contribution in [0.5, 0.6) is 0 Å². The molecule has 0 saturated carbocycles. The summed E-state index contributed by atoms with van der Waals surface area (Å²) in [4.78, 5) is 5.78. The third-order valence-corrected chi connectivity index (χ3v) is 2.19. The number of nitriles is 2. The third-order valence-electron chi connectivity index (χ3n) is 2.19. The fraction of sp³-hybridized carbons (Fsp3) is 0.417. The van der Waals surface area contributed by atoms with Crippen LogP contribution in [0.15, 0.2) is 18.5 Å². The molecule has 0 aromatic carbocycles. The van der Waals surface area contributed by atoms with E-state index in [1.807, 2.05) is 18.2 Å². The van der Waals surface area contributed by atoms with Gasteiger partial charge >= 0.3 is 0 Å². The number of nitrogens with one attached hydrogen (secondary N) is 1. The van der Waals surface area contributed by atoms with Crippen molar-refractivity contribution in [2.75, 3.05) is 29.9 Å². The van der Waals surface area contributed by atoms with Crippen molar-refractivity contribution in [2.45, 2.75) is 13.3 Å². The maximum absolute atomic E-state index is 8.70. The minimum atomic E-state index is 0.187. The molecule has 0 spiro atoms. The molecule has 0 saturated heterocycles. The Morgan fingerprint density at radius 1 is 1.29 bits per heavy atom. The molecule has 88 valence electrons. The van der Waals surface area contributed by atoms with E-state index in [-0.39, 0.29) is 13.1 Å². The van der Waals surface area contributed by atoms with Gasteiger partial charge in [-0.2, -0.15) is 10.5 Å². The SMILES string of the molecule is CCCNc1cncc(N(CC#N)CC#N)c1. The maximum atomic E-state index is 8.70. The zero-order valence-electron chi connectivity index (χ0n) is 9.85. The van der Waals surface area contributed by atoms with Gasteiger partial charge < -0.3 is 10.2 Å². The molecular formula is C12H15N5. The average molecular weight is 229 g/mol. The van der Waals surface area contributed by atoms with Gasteiger partial charge in [0.25, 0.3) is 0 Å². The van der Waals surface area contributed by atoms with Gasteiger partial charge in [-0.25, -0.2) is 0 Å². The lowest BCUT2D eigenvalue weighted by atomic mass is 10.3. The second-order valence-corrected chi connectivity index (χ2v) is 3.53. The Morgan fingerprint density at radius 3 is 2.59 bits per heavy atom. The fourth-order valence-electron chi connectivity index (χ4n) is 1.38. The first kappa shape index (κ1) is 12.8. The minimum Gasteiger partial charge on any atom is -0.384 e. The first-order valence-electron chi connectivity index (χ1n) is 5.49. The molecule has 0 atom stereocenters. The Morgan fingerprint density at radius 2 is 2.00 bits per heavy atom. The number of hydrogen-bond acceptors (Lipinski definition) is 5. The van der Waals surface area contributed by atoms with Crippen LogP contribution in [-0.4, -0.2) is 24.6 Å². The average Bonchev–Trinajstić information content (AvgIpc) is 2.36. The van der Waals surface area contributed by atoms with Crippen LogP contribution in [0.4, 0.5) is 11.4 Å². The Bertz CT molecular complexity index is 413. The number of rotatable bonds is 6. The van der Waals surface area contributed by atoms with Crippen LogP contribution in [0.1, 0.15) is 13.3 Å². The summed E-state index contributed by atoms with van der Waals surface area (Å²) >= 11 is 0. The summed E-state index contributed by atoms with van der Waals surface area (Å²) in [5, 5.41) is 20.6. The summed E-state index contributed by atoms with van der Waals surface area (Å²) in [5.74, 6) is 0. The van der Waals surface area contributed by atoms with E-state index < -0.39 is 0 Å². The van der Waals surface area contributed by atoms with Crippen molar-refractivity contribution in [3.63, 3.8) is 0 Å². The van der Waals surface area contributed by atoms with Crippen molar-refractivity contribution in [1.82, 2.24) is 4.98 Å². The Hall–Kier alpha value is -2.27. The van der Waals surface area contributed by atoms with Crippen LogP contribution in [-0.2, 0) is 0 Å². The molecular weight excluding hydrogens is 214 g/mol. The highest BCUT2D eigenvalue weighted by Gasteiger charge is 2.06. The summed E-state index contributed by atoms with van der Waals surface area (Å²) in [6.07, 6.45) is 4.42. The summed E-state index contributed by atoms with van der Waals surface area (Å²) in [5.41, 5.74) is 1.69. The zero-order chi connectivity index (χ0) is 12.5.